The number of hydrogen-bond donors (Lipinski definition) is 1. The molecule has 0 aliphatic carbocycles. The van der Waals surface area contributed by atoms with Gasteiger partial charge in [0.05, 0.1) is 20.3 Å². The maximum absolute atomic E-state index is 12.3. The van der Waals surface area contributed by atoms with Crippen LogP contribution in [0.4, 0.5) is 5.69 Å². The van der Waals surface area contributed by atoms with Crippen LogP contribution >= 0.6 is 0 Å². The zero-order valence-electron chi connectivity index (χ0n) is 16.6. The van der Waals surface area contributed by atoms with E-state index in [2.05, 4.69) is 5.32 Å². The molecule has 0 aliphatic heterocycles. The summed E-state index contributed by atoms with van der Waals surface area (Å²) in [6.45, 7) is -1.16. The van der Waals surface area contributed by atoms with Crippen LogP contribution in [0.1, 0.15) is 10.4 Å². The van der Waals surface area contributed by atoms with Gasteiger partial charge < -0.3 is 19.5 Å². The molecule has 0 aromatic heterocycles. The van der Waals surface area contributed by atoms with Gasteiger partial charge in [-0.2, -0.15) is 5.26 Å². The number of nitrogens with zero attached hydrogens (tertiary/aromatic N) is 2. The van der Waals surface area contributed by atoms with Gasteiger partial charge in [0.1, 0.15) is 13.1 Å². The molecule has 0 radical (unpaired) electrons. The number of hydrogen-bond acceptors (Lipinski definition) is 7. The lowest BCUT2D eigenvalue weighted by Gasteiger charge is -2.19. The van der Waals surface area contributed by atoms with Gasteiger partial charge in [0, 0.05) is 11.3 Å². The topological polar surface area (TPSA) is 118 Å². The summed E-state index contributed by atoms with van der Waals surface area (Å²) in [5.41, 5.74) is 0.780. The number of carbonyl (C=O) groups is 3. The first-order valence-corrected chi connectivity index (χ1v) is 8.88. The van der Waals surface area contributed by atoms with Crippen molar-refractivity contribution in [1.82, 2.24) is 5.32 Å². The minimum atomic E-state index is -0.790. The van der Waals surface area contributed by atoms with Crippen LogP contribution in [0.15, 0.2) is 48.5 Å². The third kappa shape index (κ3) is 5.97. The Morgan fingerprint density at radius 1 is 1.03 bits per heavy atom. The molecular weight excluding hydrogens is 390 g/mol. The maximum Gasteiger partial charge on any atom is 0.325 e. The van der Waals surface area contributed by atoms with E-state index in [9.17, 15) is 14.4 Å². The van der Waals surface area contributed by atoms with Gasteiger partial charge in [-0.25, -0.2) is 0 Å². The van der Waals surface area contributed by atoms with Crippen molar-refractivity contribution in [3.63, 3.8) is 0 Å². The van der Waals surface area contributed by atoms with E-state index in [1.165, 1.54) is 31.3 Å². The quantitative estimate of drug-likeness (QED) is 0.491. The highest BCUT2D eigenvalue weighted by atomic mass is 16.5. The van der Waals surface area contributed by atoms with Gasteiger partial charge in [0.2, 0.25) is 0 Å². The van der Waals surface area contributed by atoms with Gasteiger partial charge in [-0.3, -0.25) is 19.3 Å². The number of methoxy groups -OCH3 is 2. The SMILES string of the molecule is COc1ccc(C(=O)NCC(=O)OCC(=O)N(CC#N)c2ccccc2)cc1OC. The molecule has 30 heavy (non-hydrogen) atoms. The molecule has 0 saturated carbocycles. The first-order valence-electron chi connectivity index (χ1n) is 8.88. The molecule has 0 saturated heterocycles. The Morgan fingerprint density at radius 2 is 1.73 bits per heavy atom. The maximum atomic E-state index is 12.3. The molecule has 0 heterocycles. The average Bonchev–Trinajstić information content (AvgIpc) is 2.79. The van der Waals surface area contributed by atoms with Gasteiger partial charge in [-0.15, -0.1) is 0 Å². The summed E-state index contributed by atoms with van der Waals surface area (Å²) in [5, 5.41) is 11.3. The van der Waals surface area contributed by atoms with E-state index in [1.807, 2.05) is 6.07 Å². The number of esters is 1. The number of carbonyl (C=O) groups excluding carboxylic acids is 3. The second-order valence-electron chi connectivity index (χ2n) is 5.89. The number of nitrogens with one attached hydrogen (secondary N) is 1. The summed E-state index contributed by atoms with van der Waals surface area (Å²) in [4.78, 5) is 37.6. The van der Waals surface area contributed by atoms with E-state index in [4.69, 9.17) is 19.5 Å². The predicted octanol–water partition coefficient (Wildman–Crippen LogP) is 1.53. The van der Waals surface area contributed by atoms with Crippen LogP contribution < -0.4 is 19.7 Å². The molecular formula is C21H21N3O6. The third-order valence-electron chi connectivity index (χ3n) is 3.99. The molecule has 0 unspecified atom stereocenters. The Balaban J connectivity index is 1.87. The van der Waals surface area contributed by atoms with Crippen LogP contribution in [0.5, 0.6) is 11.5 Å². The summed E-state index contributed by atoms with van der Waals surface area (Å²) in [6, 6.07) is 15.0. The molecule has 9 heteroatoms. The lowest BCUT2D eigenvalue weighted by molar-refractivity contribution is -0.146. The highest BCUT2D eigenvalue weighted by Crippen LogP contribution is 2.27. The molecule has 0 bridgehead atoms. The van der Waals surface area contributed by atoms with Gasteiger partial charge in [-0.05, 0) is 30.3 Å². The van der Waals surface area contributed by atoms with Gasteiger partial charge in [0.15, 0.2) is 18.1 Å². The van der Waals surface area contributed by atoms with Crippen LogP contribution in [-0.4, -0.2) is 51.7 Å². The minimum absolute atomic E-state index is 0.184. The van der Waals surface area contributed by atoms with E-state index in [-0.39, 0.29) is 12.1 Å². The minimum Gasteiger partial charge on any atom is -0.493 e. The number of nitriles is 1. The van der Waals surface area contributed by atoms with Crippen molar-refractivity contribution in [2.45, 2.75) is 0 Å². The Kier molecular flexibility index (Phi) is 8.20. The predicted molar refractivity (Wildman–Crippen MR) is 107 cm³/mol. The average molecular weight is 411 g/mol. The van der Waals surface area contributed by atoms with E-state index < -0.39 is 30.9 Å². The van der Waals surface area contributed by atoms with Crippen molar-refractivity contribution in [3.8, 4) is 17.6 Å². The first-order chi connectivity index (χ1) is 14.5. The number of para-hydroxylation sites is 1. The first kappa shape index (κ1) is 22.2. The molecule has 2 aromatic carbocycles. The van der Waals surface area contributed by atoms with Crippen LogP contribution in [0.2, 0.25) is 0 Å². The fourth-order valence-electron chi connectivity index (χ4n) is 2.51. The van der Waals surface area contributed by atoms with E-state index in [1.54, 1.807) is 36.4 Å². The summed E-state index contributed by atoms with van der Waals surface area (Å²) in [6.07, 6.45) is 0. The Labute approximate surface area is 173 Å². The largest absolute Gasteiger partial charge is 0.493 e. The fraction of sp³-hybridized carbons (Fsp3) is 0.238. The second-order valence-corrected chi connectivity index (χ2v) is 5.89. The van der Waals surface area contributed by atoms with Crippen LogP contribution in [-0.2, 0) is 14.3 Å². The number of ether oxygens (including phenoxy) is 3. The zero-order chi connectivity index (χ0) is 21.9. The van der Waals surface area contributed by atoms with Gasteiger partial charge in [-0.1, -0.05) is 18.2 Å². The van der Waals surface area contributed by atoms with Gasteiger partial charge >= 0.3 is 5.97 Å². The Morgan fingerprint density at radius 3 is 2.37 bits per heavy atom. The number of rotatable bonds is 9. The molecule has 0 atom stereocenters. The summed E-state index contributed by atoms with van der Waals surface area (Å²) < 4.78 is 15.2. The second kappa shape index (κ2) is 11.1. The lowest BCUT2D eigenvalue weighted by atomic mass is 10.2. The van der Waals surface area contributed by atoms with E-state index in [0.29, 0.717) is 17.2 Å². The monoisotopic (exact) mass is 411 g/mol. The van der Waals surface area contributed by atoms with Crippen LogP contribution in [0.25, 0.3) is 0 Å². The van der Waals surface area contributed by atoms with Gasteiger partial charge in [0.25, 0.3) is 11.8 Å². The van der Waals surface area contributed by atoms with Crippen molar-refractivity contribution >= 4 is 23.5 Å². The molecule has 0 fully saturated rings. The number of amides is 2. The summed E-state index contributed by atoms with van der Waals surface area (Å²) in [7, 11) is 2.92. The Bertz CT molecular complexity index is 940. The van der Waals surface area contributed by atoms with Crippen molar-refractivity contribution in [3.05, 3.63) is 54.1 Å². The smallest absolute Gasteiger partial charge is 0.325 e. The van der Waals surface area contributed by atoms with Crippen LogP contribution in [0, 0.1) is 11.3 Å². The molecule has 9 nitrogen and oxygen atoms in total. The van der Waals surface area contributed by atoms with Crippen LogP contribution in [0.3, 0.4) is 0 Å². The molecule has 2 aromatic rings. The summed E-state index contributed by atoms with van der Waals surface area (Å²) >= 11 is 0. The third-order valence-corrected chi connectivity index (χ3v) is 3.99. The van der Waals surface area contributed by atoms with Crippen molar-refractivity contribution < 1.29 is 28.6 Å². The lowest BCUT2D eigenvalue weighted by Crippen LogP contribution is -2.37. The highest BCUT2D eigenvalue weighted by Gasteiger charge is 2.18. The zero-order valence-corrected chi connectivity index (χ0v) is 16.6. The molecule has 0 spiro atoms. The normalized spacial score (nSPS) is 9.77. The Hall–Kier alpha value is -4.06. The number of anilines is 1. The fourth-order valence-corrected chi connectivity index (χ4v) is 2.51. The van der Waals surface area contributed by atoms with Crippen molar-refractivity contribution in [2.75, 3.05) is 38.8 Å². The molecule has 156 valence electrons. The molecule has 1 N–H and O–H groups in total. The molecule has 0 aliphatic rings. The molecule has 2 rings (SSSR count). The van der Waals surface area contributed by atoms with E-state index >= 15 is 0 Å². The van der Waals surface area contributed by atoms with Crippen molar-refractivity contribution in [1.29, 1.82) is 5.26 Å². The highest BCUT2D eigenvalue weighted by molar-refractivity contribution is 5.97. The summed E-state index contributed by atoms with van der Waals surface area (Å²) in [5.74, 6) is -1.02. The molecule has 2 amide bonds. The standard InChI is InChI=1S/C21H21N3O6/c1-28-17-9-8-15(12-18(17)29-2)21(27)23-13-20(26)30-14-19(25)24(11-10-22)16-6-4-3-5-7-16/h3-9,12H,11,13-14H2,1-2H3,(H,23,27). The number of benzene rings is 2. The van der Waals surface area contributed by atoms with Crippen molar-refractivity contribution in [2.24, 2.45) is 0 Å². The van der Waals surface area contributed by atoms with E-state index in [0.717, 1.165) is 0 Å².